The minimum atomic E-state index is -0.784. The van der Waals surface area contributed by atoms with Crippen LogP contribution in [-0.2, 0) is 14.9 Å². The lowest BCUT2D eigenvalue weighted by Gasteiger charge is -2.22. The van der Waals surface area contributed by atoms with Crippen LogP contribution in [0.15, 0.2) is 83.4 Å². The second-order valence-corrected chi connectivity index (χ2v) is 8.84. The zero-order chi connectivity index (χ0) is 26.0. The predicted molar refractivity (Wildman–Crippen MR) is 137 cm³/mol. The number of carbonyl (C=O) groups excluding carboxylic acids is 1. The van der Waals surface area contributed by atoms with Crippen molar-refractivity contribution in [2.75, 3.05) is 11.5 Å². The van der Waals surface area contributed by atoms with Gasteiger partial charge >= 0.3 is 12.1 Å². The molecular weight excluding hydrogens is 472 g/mol. The molecule has 8 heteroatoms. The number of hydrogen-bond donors (Lipinski definition) is 1. The van der Waals surface area contributed by atoms with Gasteiger partial charge in [0.25, 0.3) is 0 Å². The topological polar surface area (TPSA) is 102 Å². The standard InChI is InChI=1S/C29H26N2O6/c1-3-35-28(34)31(22-7-5-4-6-8-22)26-19(2)37-30-25(26)20-9-13-23(14-10-20)36-24-15-11-21(12-16-24)29(17-18-29)27(32)33/h4-16H,3,17-18H2,1-2H3,(H,32,33). The Morgan fingerprint density at radius 2 is 1.59 bits per heavy atom. The molecular formula is C29H26N2O6. The van der Waals surface area contributed by atoms with Gasteiger partial charge in [-0.05, 0) is 80.8 Å². The number of hydrogen-bond acceptors (Lipinski definition) is 6. The molecule has 1 N–H and O–H groups in total. The van der Waals surface area contributed by atoms with Crippen LogP contribution < -0.4 is 9.64 Å². The second-order valence-electron chi connectivity index (χ2n) is 8.84. The average Bonchev–Trinajstić information content (AvgIpc) is 3.65. The van der Waals surface area contributed by atoms with Gasteiger partial charge in [-0.2, -0.15) is 0 Å². The SMILES string of the molecule is CCOC(=O)N(c1ccccc1)c1c(-c2ccc(Oc3ccc(C4(C(=O)O)CC4)cc3)cc2)noc1C. The van der Waals surface area contributed by atoms with Gasteiger partial charge in [-0.25, -0.2) is 9.69 Å². The number of para-hydroxylation sites is 1. The molecule has 1 amide bonds. The fourth-order valence-electron chi connectivity index (χ4n) is 4.32. The highest BCUT2D eigenvalue weighted by molar-refractivity contribution is 6.00. The van der Waals surface area contributed by atoms with Crippen LogP contribution in [0.1, 0.15) is 31.1 Å². The molecule has 3 aromatic carbocycles. The molecule has 4 aromatic rings. The van der Waals surface area contributed by atoms with E-state index in [1.165, 1.54) is 4.90 Å². The molecule has 0 atom stereocenters. The van der Waals surface area contributed by atoms with Crippen molar-refractivity contribution in [3.05, 3.63) is 90.2 Å². The molecule has 37 heavy (non-hydrogen) atoms. The third-order valence-corrected chi connectivity index (χ3v) is 6.45. The van der Waals surface area contributed by atoms with Gasteiger partial charge in [0, 0.05) is 5.56 Å². The van der Waals surface area contributed by atoms with Crippen LogP contribution in [0.4, 0.5) is 16.2 Å². The van der Waals surface area contributed by atoms with E-state index in [-0.39, 0.29) is 6.61 Å². The maximum Gasteiger partial charge on any atom is 0.419 e. The van der Waals surface area contributed by atoms with E-state index in [1.54, 1.807) is 38.1 Å². The van der Waals surface area contributed by atoms with Gasteiger partial charge in [0.1, 0.15) is 22.9 Å². The summed E-state index contributed by atoms with van der Waals surface area (Å²) in [6.45, 7) is 3.73. The quantitative estimate of drug-likeness (QED) is 0.283. The maximum atomic E-state index is 12.9. The Balaban J connectivity index is 1.39. The summed E-state index contributed by atoms with van der Waals surface area (Å²) in [5.41, 5.74) is 2.41. The number of aromatic nitrogens is 1. The van der Waals surface area contributed by atoms with Gasteiger partial charge in [0.05, 0.1) is 17.7 Å². The summed E-state index contributed by atoms with van der Waals surface area (Å²) in [4.78, 5) is 26.0. The normalized spacial score (nSPS) is 13.6. The molecule has 0 saturated heterocycles. The van der Waals surface area contributed by atoms with Gasteiger partial charge in [-0.15, -0.1) is 0 Å². The number of aliphatic carboxylic acids is 1. The molecule has 0 unspecified atom stereocenters. The number of amides is 1. The number of rotatable bonds is 8. The van der Waals surface area contributed by atoms with Crippen molar-refractivity contribution in [2.45, 2.75) is 32.1 Å². The smallest absolute Gasteiger partial charge is 0.419 e. The van der Waals surface area contributed by atoms with E-state index in [0.717, 1.165) is 11.1 Å². The summed E-state index contributed by atoms with van der Waals surface area (Å²) in [5, 5.41) is 13.7. The first-order valence-corrected chi connectivity index (χ1v) is 12.0. The van der Waals surface area contributed by atoms with Crippen molar-refractivity contribution < 1.29 is 28.7 Å². The first kappa shape index (κ1) is 24.1. The van der Waals surface area contributed by atoms with E-state index in [0.29, 0.717) is 47.2 Å². The minimum Gasteiger partial charge on any atom is -0.481 e. The number of benzene rings is 3. The highest BCUT2D eigenvalue weighted by atomic mass is 16.6. The molecule has 0 radical (unpaired) electrons. The van der Waals surface area contributed by atoms with E-state index in [1.807, 2.05) is 54.6 Å². The lowest BCUT2D eigenvalue weighted by molar-refractivity contribution is -0.140. The van der Waals surface area contributed by atoms with Crippen molar-refractivity contribution in [1.82, 2.24) is 5.16 Å². The van der Waals surface area contributed by atoms with Gasteiger partial charge in [-0.3, -0.25) is 4.79 Å². The summed E-state index contributed by atoms with van der Waals surface area (Å²) >= 11 is 0. The van der Waals surface area contributed by atoms with Crippen molar-refractivity contribution in [2.24, 2.45) is 0 Å². The molecule has 1 fully saturated rings. The van der Waals surface area contributed by atoms with E-state index >= 15 is 0 Å². The molecule has 0 bridgehead atoms. The van der Waals surface area contributed by atoms with Crippen LogP contribution in [0.2, 0.25) is 0 Å². The van der Waals surface area contributed by atoms with Crippen molar-refractivity contribution in [3.8, 4) is 22.8 Å². The monoisotopic (exact) mass is 498 g/mol. The summed E-state index contributed by atoms with van der Waals surface area (Å²) < 4.78 is 16.8. The van der Waals surface area contributed by atoms with Crippen molar-refractivity contribution >= 4 is 23.4 Å². The Hall–Kier alpha value is -4.59. The Morgan fingerprint density at radius 1 is 0.973 bits per heavy atom. The van der Waals surface area contributed by atoms with Gasteiger partial charge in [0.2, 0.25) is 0 Å². The number of carbonyl (C=O) groups is 2. The third-order valence-electron chi connectivity index (χ3n) is 6.45. The molecule has 1 aromatic heterocycles. The van der Waals surface area contributed by atoms with Crippen LogP contribution in [0.3, 0.4) is 0 Å². The van der Waals surface area contributed by atoms with Crippen molar-refractivity contribution in [1.29, 1.82) is 0 Å². The number of carboxylic acid groups (broad SMARTS) is 1. The lowest BCUT2D eigenvalue weighted by atomic mass is 9.96. The molecule has 1 saturated carbocycles. The Bertz CT molecular complexity index is 1410. The molecule has 0 spiro atoms. The molecule has 1 aliphatic carbocycles. The number of nitrogens with zero attached hydrogens (tertiary/aromatic N) is 2. The highest BCUT2D eigenvalue weighted by Gasteiger charge is 2.51. The summed E-state index contributed by atoms with van der Waals surface area (Å²) in [7, 11) is 0. The molecule has 1 aliphatic rings. The molecule has 1 heterocycles. The number of ether oxygens (including phenoxy) is 2. The van der Waals surface area contributed by atoms with Gasteiger partial charge < -0.3 is 19.1 Å². The Labute approximate surface area is 214 Å². The highest BCUT2D eigenvalue weighted by Crippen LogP contribution is 2.48. The first-order chi connectivity index (χ1) is 17.9. The largest absolute Gasteiger partial charge is 0.481 e. The van der Waals surface area contributed by atoms with E-state index in [2.05, 4.69) is 5.16 Å². The number of aryl methyl sites for hydroxylation is 1. The molecule has 8 nitrogen and oxygen atoms in total. The summed E-state index contributed by atoms with van der Waals surface area (Å²) in [6, 6.07) is 23.6. The second kappa shape index (κ2) is 9.81. The van der Waals surface area contributed by atoms with Crippen LogP contribution in [0, 0.1) is 6.92 Å². The predicted octanol–water partition coefficient (Wildman–Crippen LogP) is 6.85. The number of carboxylic acids is 1. The molecule has 5 rings (SSSR count). The number of anilines is 2. The third kappa shape index (κ3) is 4.65. The van der Waals surface area contributed by atoms with E-state index < -0.39 is 17.5 Å². The summed E-state index contributed by atoms with van der Waals surface area (Å²) in [6.07, 6.45) is 0.789. The van der Waals surface area contributed by atoms with Crippen molar-refractivity contribution in [3.63, 3.8) is 0 Å². The minimum absolute atomic E-state index is 0.228. The first-order valence-electron chi connectivity index (χ1n) is 12.0. The van der Waals surface area contributed by atoms with Gasteiger partial charge in [-0.1, -0.05) is 35.5 Å². The zero-order valence-electron chi connectivity index (χ0n) is 20.5. The van der Waals surface area contributed by atoms with Gasteiger partial charge in [0.15, 0.2) is 5.76 Å². The molecule has 188 valence electrons. The lowest BCUT2D eigenvalue weighted by Crippen LogP contribution is -2.27. The van der Waals surface area contributed by atoms with Crippen LogP contribution >= 0.6 is 0 Å². The van der Waals surface area contributed by atoms with Crippen LogP contribution in [0.5, 0.6) is 11.5 Å². The van der Waals surface area contributed by atoms with E-state index in [9.17, 15) is 14.7 Å². The fourth-order valence-corrected chi connectivity index (χ4v) is 4.32. The summed E-state index contributed by atoms with van der Waals surface area (Å²) in [5.74, 6) is 0.895. The average molecular weight is 499 g/mol. The zero-order valence-corrected chi connectivity index (χ0v) is 20.5. The molecule has 0 aliphatic heterocycles. The Morgan fingerprint density at radius 3 is 2.16 bits per heavy atom. The Kier molecular flexibility index (Phi) is 6.40. The maximum absolute atomic E-state index is 12.9. The van der Waals surface area contributed by atoms with Crippen LogP contribution in [-0.4, -0.2) is 28.9 Å². The van der Waals surface area contributed by atoms with E-state index in [4.69, 9.17) is 14.0 Å². The van der Waals surface area contributed by atoms with Crippen LogP contribution in [0.25, 0.3) is 11.3 Å². The fraction of sp³-hybridized carbons (Fsp3) is 0.207.